The maximum absolute atomic E-state index is 13.4. The van der Waals surface area contributed by atoms with Gasteiger partial charge >= 0.3 is 0 Å². The summed E-state index contributed by atoms with van der Waals surface area (Å²) in [5, 5.41) is 0. The van der Waals surface area contributed by atoms with Crippen LogP contribution in [-0.4, -0.2) is 11.6 Å². The molecule has 0 spiro atoms. The van der Waals surface area contributed by atoms with Crippen LogP contribution in [0.4, 0.5) is 34.1 Å². The van der Waals surface area contributed by atoms with Gasteiger partial charge in [0.1, 0.15) is 0 Å². The van der Waals surface area contributed by atoms with Crippen LogP contribution in [0.1, 0.15) is 26.3 Å². The summed E-state index contributed by atoms with van der Waals surface area (Å²) in [4.78, 5) is 30.6. The number of allylic oxidation sites excluding steroid dienone is 2. The lowest BCUT2D eigenvalue weighted by molar-refractivity contribution is 0.100. The SMILES string of the molecule is O=C1C=C(c2ccc(N(c3ccc(Br)cc3)c3ccc(-c4ccc(N(c5ccc(Br)cc5)c5ccc(Br)cc5)cc4)cc3)cc2)C(=O)c2ccccc21. The predicted molar refractivity (Wildman–Crippen MR) is 227 cm³/mol. The molecule has 0 aromatic heterocycles. The minimum Gasteiger partial charge on any atom is -0.311 e. The van der Waals surface area contributed by atoms with E-state index in [1.165, 1.54) is 6.08 Å². The Hall–Kier alpha value is -5.34. The highest BCUT2D eigenvalue weighted by Gasteiger charge is 2.26. The number of carbonyl (C=O) groups excluding carboxylic acids is 2. The smallest absolute Gasteiger partial charge is 0.194 e. The second-order valence-corrected chi connectivity index (χ2v) is 15.3. The van der Waals surface area contributed by atoms with Crippen LogP contribution in [-0.2, 0) is 0 Å². The number of hydrogen-bond acceptors (Lipinski definition) is 4. The molecule has 7 aromatic rings. The number of carbonyl (C=O) groups is 2. The van der Waals surface area contributed by atoms with E-state index >= 15 is 0 Å². The van der Waals surface area contributed by atoms with Gasteiger partial charge in [-0.25, -0.2) is 0 Å². The highest BCUT2D eigenvalue weighted by Crippen LogP contribution is 2.39. The van der Waals surface area contributed by atoms with Gasteiger partial charge in [-0.05, 0) is 132 Å². The van der Waals surface area contributed by atoms with Crippen LogP contribution in [0.25, 0.3) is 16.7 Å². The van der Waals surface area contributed by atoms with Crippen molar-refractivity contribution in [2.75, 3.05) is 9.80 Å². The van der Waals surface area contributed by atoms with Crippen molar-refractivity contribution >= 4 is 99.1 Å². The van der Waals surface area contributed by atoms with Gasteiger partial charge < -0.3 is 9.80 Å². The van der Waals surface area contributed by atoms with Crippen molar-refractivity contribution in [3.63, 3.8) is 0 Å². The van der Waals surface area contributed by atoms with E-state index in [-0.39, 0.29) is 11.6 Å². The number of hydrogen-bond donors (Lipinski definition) is 0. The maximum atomic E-state index is 13.4. The number of anilines is 6. The van der Waals surface area contributed by atoms with Crippen LogP contribution < -0.4 is 9.80 Å². The number of Topliss-reactive ketones (excluding diaryl/α,β-unsaturated/α-hetero) is 1. The molecule has 7 aromatic carbocycles. The third-order valence-corrected chi connectivity index (χ3v) is 10.8. The first-order valence-corrected chi connectivity index (χ1v) is 19.3. The Morgan fingerprint density at radius 1 is 0.340 bits per heavy atom. The summed E-state index contributed by atoms with van der Waals surface area (Å²) in [6, 6.07) is 56.8. The molecule has 53 heavy (non-hydrogen) atoms. The molecule has 0 N–H and O–H groups in total. The molecule has 256 valence electrons. The number of halogens is 3. The molecule has 0 amide bonds. The molecule has 0 bridgehead atoms. The summed E-state index contributed by atoms with van der Waals surface area (Å²) >= 11 is 10.7. The first-order valence-electron chi connectivity index (χ1n) is 16.9. The van der Waals surface area contributed by atoms with Crippen LogP contribution in [0.15, 0.2) is 189 Å². The molecule has 4 nitrogen and oxygen atoms in total. The average molecular weight is 881 g/mol. The molecule has 8 rings (SSSR count). The molecule has 7 heteroatoms. The number of fused-ring (bicyclic) bond motifs is 1. The van der Waals surface area contributed by atoms with Crippen LogP contribution in [0.3, 0.4) is 0 Å². The number of ketones is 2. The van der Waals surface area contributed by atoms with Gasteiger partial charge in [0.25, 0.3) is 0 Å². The summed E-state index contributed by atoms with van der Waals surface area (Å²) in [7, 11) is 0. The predicted octanol–water partition coefficient (Wildman–Crippen LogP) is 14.0. The Bertz CT molecular complexity index is 2430. The lowest BCUT2D eigenvalue weighted by Gasteiger charge is -2.26. The standard InChI is InChI=1S/C46H29Br3N2O2/c47-33-11-23-39(24-12-33)50(38-21-9-32(10-22-38)44-29-45(52)42-3-1-2-4-43(42)46(44)53)36-17-5-30(6-18-36)31-7-19-37(20-8-31)51(40-25-13-34(48)14-26-40)41-27-15-35(49)16-28-41/h1-29H. The van der Waals surface area contributed by atoms with E-state index in [1.54, 1.807) is 24.3 Å². The van der Waals surface area contributed by atoms with Gasteiger partial charge in [0.15, 0.2) is 11.6 Å². The Balaban J connectivity index is 1.09. The van der Waals surface area contributed by atoms with Crippen molar-refractivity contribution in [3.05, 3.63) is 206 Å². The molecule has 0 saturated heterocycles. The Morgan fingerprint density at radius 3 is 1.00 bits per heavy atom. The van der Waals surface area contributed by atoms with Crippen molar-refractivity contribution in [2.45, 2.75) is 0 Å². The molecule has 0 aliphatic heterocycles. The third kappa shape index (κ3) is 7.20. The van der Waals surface area contributed by atoms with Gasteiger partial charge in [-0.1, -0.05) is 108 Å². The molecule has 0 saturated carbocycles. The van der Waals surface area contributed by atoms with E-state index in [1.807, 2.05) is 36.4 Å². The molecule has 1 aliphatic rings. The third-order valence-electron chi connectivity index (χ3n) is 9.23. The van der Waals surface area contributed by atoms with Crippen molar-refractivity contribution in [1.29, 1.82) is 0 Å². The molecule has 0 fully saturated rings. The van der Waals surface area contributed by atoms with E-state index in [9.17, 15) is 9.59 Å². The van der Waals surface area contributed by atoms with E-state index in [4.69, 9.17) is 0 Å². The van der Waals surface area contributed by atoms with Crippen molar-refractivity contribution in [3.8, 4) is 11.1 Å². The Labute approximate surface area is 333 Å². The highest BCUT2D eigenvalue weighted by molar-refractivity contribution is 9.11. The first kappa shape index (κ1) is 34.7. The van der Waals surface area contributed by atoms with Gasteiger partial charge in [0.05, 0.1) is 0 Å². The fourth-order valence-corrected chi connectivity index (χ4v) is 7.38. The topological polar surface area (TPSA) is 40.6 Å². The minimum absolute atomic E-state index is 0.143. The molecule has 0 atom stereocenters. The van der Waals surface area contributed by atoms with E-state index < -0.39 is 0 Å². The molecular weight excluding hydrogens is 852 g/mol. The van der Waals surface area contributed by atoms with Crippen molar-refractivity contribution in [1.82, 2.24) is 0 Å². The monoisotopic (exact) mass is 878 g/mol. The Morgan fingerprint density at radius 2 is 0.642 bits per heavy atom. The van der Waals surface area contributed by atoms with Crippen molar-refractivity contribution < 1.29 is 9.59 Å². The maximum Gasteiger partial charge on any atom is 0.194 e. The van der Waals surface area contributed by atoms with Gasteiger partial charge in [-0.3, -0.25) is 9.59 Å². The zero-order valence-corrected chi connectivity index (χ0v) is 32.8. The summed E-state index contributed by atoms with van der Waals surface area (Å²) in [5.74, 6) is -0.298. The summed E-state index contributed by atoms with van der Waals surface area (Å²) < 4.78 is 3.05. The zero-order valence-electron chi connectivity index (χ0n) is 28.1. The molecule has 0 heterocycles. The molecular formula is C46H29Br3N2O2. The second-order valence-electron chi connectivity index (χ2n) is 12.5. The van der Waals surface area contributed by atoms with E-state index in [0.717, 1.165) is 58.7 Å². The van der Waals surface area contributed by atoms with Gasteiger partial charge in [-0.2, -0.15) is 0 Å². The fourth-order valence-electron chi connectivity index (χ4n) is 6.59. The second kappa shape index (κ2) is 15.0. The molecule has 1 aliphatic carbocycles. The van der Waals surface area contributed by atoms with Crippen LogP contribution in [0.2, 0.25) is 0 Å². The van der Waals surface area contributed by atoms with Crippen LogP contribution in [0.5, 0.6) is 0 Å². The van der Waals surface area contributed by atoms with Gasteiger partial charge in [0, 0.05) is 64.2 Å². The van der Waals surface area contributed by atoms with E-state index in [0.29, 0.717) is 22.3 Å². The summed E-state index contributed by atoms with van der Waals surface area (Å²) in [5.41, 5.74) is 10.3. The zero-order chi connectivity index (χ0) is 36.5. The summed E-state index contributed by atoms with van der Waals surface area (Å²) in [6.07, 6.45) is 1.45. The van der Waals surface area contributed by atoms with Crippen molar-refractivity contribution in [2.24, 2.45) is 0 Å². The van der Waals surface area contributed by atoms with Gasteiger partial charge in [-0.15, -0.1) is 0 Å². The van der Waals surface area contributed by atoms with Crippen LogP contribution >= 0.6 is 47.8 Å². The van der Waals surface area contributed by atoms with Crippen LogP contribution in [0, 0.1) is 0 Å². The number of rotatable bonds is 8. The average Bonchev–Trinajstić information content (AvgIpc) is 3.19. The number of nitrogens with zero attached hydrogens (tertiary/aromatic N) is 2. The van der Waals surface area contributed by atoms with E-state index in [2.05, 4.69) is 167 Å². The Kier molecular flexibility index (Phi) is 9.80. The fraction of sp³-hybridized carbons (Fsp3) is 0. The largest absolute Gasteiger partial charge is 0.311 e. The summed E-state index contributed by atoms with van der Waals surface area (Å²) in [6.45, 7) is 0. The number of benzene rings is 7. The molecule has 0 unspecified atom stereocenters. The first-order chi connectivity index (χ1) is 25.8. The quantitative estimate of drug-likeness (QED) is 0.152. The lowest BCUT2D eigenvalue weighted by Crippen LogP contribution is -2.16. The minimum atomic E-state index is -0.156. The molecule has 0 radical (unpaired) electrons. The van der Waals surface area contributed by atoms with Gasteiger partial charge in [0.2, 0.25) is 0 Å². The normalized spacial score (nSPS) is 12.2. The lowest BCUT2D eigenvalue weighted by atomic mass is 9.86. The highest BCUT2D eigenvalue weighted by atomic mass is 79.9.